The molecule has 0 saturated carbocycles. The fourth-order valence-electron chi connectivity index (χ4n) is 2.20. The van der Waals surface area contributed by atoms with Gasteiger partial charge in [-0.1, -0.05) is 13.3 Å². The van der Waals surface area contributed by atoms with E-state index in [2.05, 4.69) is 25.4 Å². The van der Waals surface area contributed by atoms with Crippen LogP contribution < -0.4 is 0 Å². The highest BCUT2D eigenvalue weighted by Gasteiger charge is 2.31. The van der Waals surface area contributed by atoms with Gasteiger partial charge in [0.05, 0.1) is 11.3 Å². The van der Waals surface area contributed by atoms with Crippen LogP contribution in [0, 0.1) is 11.3 Å². The Bertz CT molecular complexity index is 920. The lowest BCUT2D eigenvalue weighted by molar-refractivity contribution is -0.137. The molecule has 0 aliphatic heterocycles. The van der Waals surface area contributed by atoms with Gasteiger partial charge in [0.2, 0.25) is 0 Å². The van der Waals surface area contributed by atoms with Gasteiger partial charge in [-0.25, -0.2) is 4.98 Å². The number of thiazole rings is 1. The van der Waals surface area contributed by atoms with Crippen LogP contribution in [0.25, 0.3) is 22.1 Å². The zero-order valence-corrected chi connectivity index (χ0v) is 13.7. The van der Waals surface area contributed by atoms with Gasteiger partial charge in [-0.15, -0.1) is 16.4 Å². The summed E-state index contributed by atoms with van der Waals surface area (Å²) in [6.07, 6.45) is -2.11. The summed E-state index contributed by atoms with van der Waals surface area (Å²) < 4.78 is 38.0. The van der Waals surface area contributed by atoms with Gasteiger partial charge in [0.15, 0.2) is 11.4 Å². The minimum Gasteiger partial charge on any atom is -0.253 e. The van der Waals surface area contributed by atoms with Crippen molar-refractivity contribution in [3.63, 3.8) is 0 Å². The molecule has 3 aromatic rings. The summed E-state index contributed by atoms with van der Waals surface area (Å²) >= 11 is 1.32. The van der Waals surface area contributed by atoms with E-state index in [-0.39, 0.29) is 5.69 Å². The molecule has 10 heteroatoms. The molecule has 0 spiro atoms. The van der Waals surface area contributed by atoms with E-state index < -0.39 is 11.7 Å². The molecule has 0 bridgehead atoms. The smallest absolute Gasteiger partial charge is 0.253 e. The third-order valence-electron chi connectivity index (χ3n) is 3.36. The van der Waals surface area contributed by atoms with Crippen LogP contribution in [0.2, 0.25) is 0 Å². The van der Waals surface area contributed by atoms with E-state index in [1.54, 1.807) is 0 Å². The molecule has 1 N–H and O–H groups in total. The minimum atomic E-state index is -4.44. The molecule has 3 aromatic heterocycles. The van der Waals surface area contributed by atoms with E-state index in [1.807, 2.05) is 13.0 Å². The SMILES string of the molecule is CCCc1sc(-c2ccc(C(F)(F)F)cn2)nc1-c1n[nH]nc1C#N. The van der Waals surface area contributed by atoms with Crippen molar-refractivity contribution in [2.75, 3.05) is 0 Å². The second-order valence-corrected chi connectivity index (χ2v) is 6.19. The average Bonchev–Trinajstić information content (AvgIpc) is 3.20. The van der Waals surface area contributed by atoms with Crippen LogP contribution in [0.4, 0.5) is 13.2 Å². The molecule has 6 nitrogen and oxygen atoms in total. The number of nitrogens with zero attached hydrogens (tertiary/aromatic N) is 5. The second kappa shape index (κ2) is 6.60. The second-order valence-electron chi connectivity index (χ2n) is 5.10. The van der Waals surface area contributed by atoms with E-state index in [0.29, 0.717) is 28.5 Å². The molecule has 3 heterocycles. The molecular formula is C15H11F3N6S. The van der Waals surface area contributed by atoms with E-state index >= 15 is 0 Å². The quantitative estimate of drug-likeness (QED) is 0.760. The lowest BCUT2D eigenvalue weighted by Gasteiger charge is -2.05. The number of nitrogens with one attached hydrogen (secondary N) is 1. The molecule has 0 saturated heterocycles. The fourth-order valence-corrected chi connectivity index (χ4v) is 3.35. The van der Waals surface area contributed by atoms with Crippen LogP contribution in [-0.2, 0) is 12.6 Å². The Kier molecular flexibility index (Phi) is 4.50. The monoisotopic (exact) mass is 364 g/mol. The predicted molar refractivity (Wildman–Crippen MR) is 84.4 cm³/mol. The van der Waals surface area contributed by atoms with Crippen molar-refractivity contribution in [1.29, 1.82) is 5.26 Å². The third-order valence-corrected chi connectivity index (χ3v) is 4.50. The maximum atomic E-state index is 12.7. The standard InChI is InChI=1S/C15H11F3N6S/c1-2-3-11-13(12-10(6-19)22-24-23-12)21-14(25-11)9-5-4-8(7-20-9)15(16,17)18/h4-5,7H,2-3H2,1H3,(H,22,23,24). The van der Waals surface area contributed by atoms with E-state index in [1.165, 1.54) is 17.4 Å². The normalized spacial score (nSPS) is 11.5. The summed E-state index contributed by atoms with van der Waals surface area (Å²) in [4.78, 5) is 9.20. The van der Waals surface area contributed by atoms with E-state index in [9.17, 15) is 13.2 Å². The number of halogens is 3. The molecular weight excluding hydrogens is 353 g/mol. The molecule has 128 valence electrons. The van der Waals surface area contributed by atoms with Crippen LogP contribution in [0.5, 0.6) is 0 Å². The highest BCUT2D eigenvalue weighted by molar-refractivity contribution is 7.15. The van der Waals surface area contributed by atoms with Crippen LogP contribution in [0.15, 0.2) is 18.3 Å². The summed E-state index contributed by atoms with van der Waals surface area (Å²) in [5.74, 6) is 0. The van der Waals surface area contributed by atoms with Gasteiger partial charge in [-0.3, -0.25) is 4.98 Å². The van der Waals surface area contributed by atoms with Gasteiger partial charge in [0.25, 0.3) is 0 Å². The van der Waals surface area contributed by atoms with Crippen molar-refractivity contribution in [3.8, 4) is 28.2 Å². The largest absolute Gasteiger partial charge is 0.417 e. The molecule has 0 unspecified atom stereocenters. The summed E-state index contributed by atoms with van der Waals surface area (Å²) in [6, 6.07) is 4.19. The summed E-state index contributed by atoms with van der Waals surface area (Å²) in [5, 5.41) is 19.7. The van der Waals surface area contributed by atoms with E-state index in [4.69, 9.17) is 5.26 Å². The first-order valence-corrected chi connectivity index (χ1v) is 8.10. The zero-order valence-electron chi connectivity index (χ0n) is 12.9. The number of aryl methyl sites for hydroxylation is 1. The van der Waals surface area contributed by atoms with Gasteiger partial charge in [0.1, 0.15) is 16.8 Å². The Hall–Kier alpha value is -2.80. The topological polar surface area (TPSA) is 91.1 Å². The highest BCUT2D eigenvalue weighted by Crippen LogP contribution is 2.35. The van der Waals surface area contributed by atoms with Crippen LogP contribution in [0.1, 0.15) is 29.5 Å². The van der Waals surface area contributed by atoms with E-state index in [0.717, 1.165) is 23.6 Å². The van der Waals surface area contributed by atoms with Gasteiger partial charge >= 0.3 is 6.18 Å². The van der Waals surface area contributed by atoms with Crippen LogP contribution >= 0.6 is 11.3 Å². The number of aromatic amines is 1. The van der Waals surface area contributed by atoms with Crippen LogP contribution in [-0.4, -0.2) is 25.4 Å². The average molecular weight is 364 g/mol. The van der Waals surface area contributed by atoms with Gasteiger partial charge in [-0.2, -0.15) is 28.7 Å². The van der Waals surface area contributed by atoms with Crippen LogP contribution in [0.3, 0.4) is 0 Å². The molecule has 0 aliphatic rings. The molecule has 0 atom stereocenters. The van der Waals surface area contributed by atoms with Crippen molar-refractivity contribution in [2.24, 2.45) is 0 Å². The molecule has 0 fully saturated rings. The number of nitriles is 1. The number of alkyl halides is 3. The molecule has 0 amide bonds. The Morgan fingerprint density at radius 2 is 2.04 bits per heavy atom. The first-order chi connectivity index (χ1) is 11.9. The number of rotatable bonds is 4. The molecule has 3 rings (SSSR count). The Balaban J connectivity index is 2.04. The highest BCUT2D eigenvalue weighted by atomic mass is 32.1. The maximum Gasteiger partial charge on any atom is 0.417 e. The Morgan fingerprint density at radius 1 is 1.24 bits per heavy atom. The van der Waals surface area contributed by atoms with Crippen molar-refractivity contribution in [2.45, 2.75) is 25.9 Å². The van der Waals surface area contributed by atoms with Crippen molar-refractivity contribution in [1.82, 2.24) is 25.4 Å². The van der Waals surface area contributed by atoms with Crippen molar-refractivity contribution in [3.05, 3.63) is 34.5 Å². The third kappa shape index (κ3) is 3.36. The maximum absolute atomic E-state index is 12.7. The lowest BCUT2D eigenvalue weighted by atomic mass is 10.2. The Labute approximate surface area is 144 Å². The zero-order chi connectivity index (χ0) is 18.0. The first-order valence-electron chi connectivity index (χ1n) is 7.28. The first kappa shape index (κ1) is 17.0. The van der Waals surface area contributed by atoms with Gasteiger partial charge in [-0.05, 0) is 18.6 Å². The number of H-pyrrole nitrogens is 1. The fraction of sp³-hybridized carbons (Fsp3) is 0.267. The molecule has 0 radical (unpaired) electrons. The summed E-state index contributed by atoms with van der Waals surface area (Å²) in [7, 11) is 0. The Morgan fingerprint density at radius 3 is 2.64 bits per heavy atom. The predicted octanol–water partition coefficient (Wildman–Crippen LogP) is 3.83. The van der Waals surface area contributed by atoms with Gasteiger partial charge < -0.3 is 0 Å². The molecule has 0 aromatic carbocycles. The summed E-state index contributed by atoms with van der Waals surface area (Å²) in [6.45, 7) is 1.99. The molecule has 25 heavy (non-hydrogen) atoms. The molecule has 0 aliphatic carbocycles. The number of hydrogen-bond acceptors (Lipinski definition) is 6. The number of hydrogen-bond donors (Lipinski definition) is 1. The summed E-state index contributed by atoms with van der Waals surface area (Å²) in [5.41, 5.74) is 0.484. The van der Waals surface area contributed by atoms with Crippen molar-refractivity contribution >= 4 is 11.3 Å². The number of aromatic nitrogens is 5. The lowest BCUT2D eigenvalue weighted by Crippen LogP contribution is -2.05. The minimum absolute atomic E-state index is 0.120. The number of pyridine rings is 1. The van der Waals surface area contributed by atoms with Gasteiger partial charge in [0, 0.05) is 11.1 Å². The van der Waals surface area contributed by atoms with Crippen molar-refractivity contribution < 1.29 is 13.2 Å².